The number of urea groups is 1. The fraction of sp³-hybridized carbons (Fsp3) is 0.385. The number of carboxylic acid groups (broad SMARTS) is 1. The standard InChI is InChI=1S/C13H16F2N2O3/c1-4-13(3,11(18)19)17-12(20)16-10-6-8(14)7(2)5-9(10)15/h5-6H,4H2,1-3H3,(H,18,19)(H2,16,17,20). The van der Waals surface area contributed by atoms with Crippen molar-refractivity contribution in [1.82, 2.24) is 5.32 Å². The smallest absolute Gasteiger partial charge is 0.329 e. The average Bonchev–Trinajstić information content (AvgIpc) is 2.35. The van der Waals surface area contributed by atoms with Crippen molar-refractivity contribution in [2.24, 2.45) is 0 Å². The number of aryl methyl sites for hydroxylation is 1. The molecule has 0 aliphatic heterocycles. The van der Waals surface area contributed by atoms with E-state index in [1.807, 2.05) is 0 Å². The Hall–Kier alpha value is -2.18. The van der Waals surface area contributed by atoms with Crippen molar-refractivity contribution in [3.63, 3.8) is 0 Å². The van der Waals surface area contributed by atoms with Gasteiger partial charge in [0.15, 0.2) is 0 Å². The third-order valence-electron chi connectivity index (χ3n) is 3.07. The highest BCUT2D eigenvalue weighted by atomic mass is 19.1. The van der Waals surface area contributed by atoms with Crippen molar-refractivity contribution in [2.75, 3.05) is 5.32 Å². The molecule has 3 N–H and O–H groups in total. The van der Waals surface area contributed by atoms with Gasteiger partial charge < -0.3 is 15.7 Å². The van der Waals surface area contributed by atoms with Crippen molar-refractivity contribution in [2.45, 2.75) is 32.7 Å². The number of halogens is 2. The number of benzene rings is 1. The van der Waals surface area contributed by atoms with Gasteiger partial charge in [0.2, 0.25) is 0 Å². The summed E-state index contributed by atoms with van der Waals surface area (Å²) in [5.41, 5.74) is -1.73. The third-order valence-corrected chi connectivity index (χ3v) is 3.07. The predicted molar refractivity (Wildman–Crippen MR) is 69.6 cm³/mol. The molecule has 0 aliphatic carbocycles. The van der Waals surface area contributed by atoms with E-state index in [2.05, 4.69) is 10.6 Å². The number of amides is 2. The van der Waals surface area contributed by atoms with Crippen molar-refractivity contribution >= 4 is 17.7 Å². The number of carbonyl (C=O) groups excluding carboxylic acids is 1. The van der Waals surface area contributed by atoms with Gasteiger partial charge >= 0.3 is 12.0 Å². The van der Waals surface area contributed by atoms with Crippen LogP contribution in [0.4, 0.5) is 19.3 Å². The van der Waals surface area contributed by atoms with E-state index in [4.69, 9.17) is 5.11 Å². The summed E-state index contributed by atoms with van der Waals surface area (Å²) in [4.78, 5) is 22.7. The lowest BCUT2D eigenvalue weighted by Crippen LogP contribution is -2.53. The van der Waals surface area contributed by atoms with Crippen LogP contribution < -0.4 is 10.6 Å². The van der Waals surface area contributed by atoms with E-state index in [0.29, 0.717) is 0 Å². The normalized spacial score (nSPS) is 13.4. The van der Waals surface area contributed by atoms with Crippen molar-refractivity contribution in [1.29, 1.82) is 0 Å². The lowest BCUT2D eigenvalue weighted by atomic mass is 10.00. The quantitative estimate of drug-likeness (QED) is 0.796. The topological polar surface area (TPSA) is 78.4 Å². The zero-order chi connectivity index (χ0) is 15.5. The van der Waals surface area contributed by atoms with Crippen LogP contribution in [0, 0.1) is 18.6 Å². The van der Waals surface area contributed by atoms with Crippen LogP contribution in [-0.2, 0) is 4.79 Å². The Balaban J connectivity index is 2.87. The minimum Gasteiger partial charge on any atom is -0.480 e. The average molecular weight is 286 g/mol. The highest BCUT2D eigenvalue weighted by Gasteiger charge is 2.32. The molecule has 0 aromatic heterocycles. The Kier molecular flexibility index (Phi) is 4.65. The minimum absolute atomic E-state index is 0.109. The largest absolute Gasteiger partial charge is 0.480 e. The van der Waals surface area contributed by atoms with Gasteiger partial charge in [-0.2, -0.15) is 0 Å². The van der Waals surface area contributed by atoms with Gasteiger partial charge in [-0.3, -0.25) is 0 Å². The summed E-state index contributed by atoms with van der Waals surface area (Å²) < 4.78 is 26.8. The number of aliphatic carboxylic acids is 1. The minimum atomic E-state index is -1.48. The first-order valence-corrected chi connectivity index (χ1v) is 5.98. The van der Waals surface area contributed by atoms with Gasteiger partial charge in [-0.15, -0.1) is 0 Å². The molecule has 0 fully saturated rings. The van der Waals surface area contributed by atoms with Gasteiger partial charge in [-0.05, 0) is 31.9 Å². The lowest BCUT2D eigenvalue weighted by molar-refractivity contribution is -0.143. The summed E-state index contributed by atoms with van der Waals surface area (Å²) in [5.74, 6) is -2.68. The van der Waals surface area contributed by atoms with Gasteiger partial charge in [0.1, 0.15) is 17.2 Å². The maximum absolute atomic E-state index is 13.5. The highest BCUT2D eigenvalue weighted by molar-refractivity contribution is 5.93. The Morgan fingerprint density at radius 2 is 1.90 bits per heavy atom. The maximum atomic E-state index is 13.5. The van der Waals surface area contributed by atoms with Crippen molar-refractivity contribution < 1.29 is 23.5 Å². The molecule has 20 heavy (non-hydrogen) atoms. The Labute approximate surface area is 115 Å². The van der Waals surface area contributed by atoms with E-state index in [1.165, 1.54) is 13.8 Å². The van der Waals surface area contributed by atoms with Crippen LogP contribution in [0.15, 0.2) is 12.1 Å². The van der Waals surface area contributed by atoms with Gasteiger partial charge in [-0.25, -0.2) is 18.4 Å². The number of carbonyl (C=O) groups is 2. The zero-order valence-corrected chi connectivity index (χ0v) is 11.4. The summed E-state index contributed by atoms with van der Waals surface area (Å²) in [6.07, 6.45) is 0.139. The number of nitrogens with one attached hydrogen (secondary N) is 2. The summed E-state index contributed by atoms with van der Waals surface area (Å²) >= 11 is 0. The summed E-state index contributed by atoms with van der Waals surface area (Å²) in [6.45, 7) is 4.29. The van der Waals surface area contributed by atoms with Gasteiger partial charge in [0.25, 0.3) is 0 Å². The molecule has 1 rings (SSSR count). The number of carboxylic acids is 1. The van der Waals surface area contributed by atoms with E-state index in [9.17, 15) is 18.4 Å². The molecule has 7 heteroatoms. The first-order chi connectivity index (χ1) is 9.19. The van der Waals surface area contributed by atoms with E-state index < -0.39 is 29.2 Å². The molecule has 1 aromatic rings. The fourth-order valence-electron chi connectivity index (χ4n) is 1.44. The Morgan fingerprint density at radius 3 is 2.40 bits per heavy atom. The van der Waals surface area contributed by atoms with Gasteiger partial charge in [0.05, 0.1) is 5.69 Å². The van der Waals surface area contributed by atoms with Gasteiger partial charge in [-0.1, -0.05) is 6.92 Å². The van der Waals surface area contributed by atoms with E-state index in [-0.39, 0.29) is 17.7 Å². The number of hydrogen-bond acceptors (Lipinski definition) is 2. The summed E-state index contributed by atoms with van der Waals surface area (Å²) in [7, 11) is 0. The molecular weight excluding hydrogens is 270 g/mol. The zero-order valence-electron chi connectivity index (χ0n) is 11.4. The fourth-order valence-corrected chi connectivity index (χ4v) is 1.44. The number of hydrogen-bond donors (Lipinski definition) is 3. The van der Waals surface area contributed by atoms with Crippen LogP contribution in [0.1, 0.15) is 25.8 Å². The lowest BCUT2D eigenvalue weighted by Gasteiger charge is -2.24. The molecule has 0 aliphatic rings. The first-order valence-electron chi connectivity index (χ1n) is 5.98. The molecule has 1 unspecified atom stereocenters. The third kappa shape index (κ3) is 3.43. The van der Waals surface area contributed by atoms with Crippen LogP contribution in [-0.4, -0.2) is 22.6 Å². The Bertz CT molecular complexity index is 549. The molecule has 0 heterocycles. The van der Waals surface area contributed by atoms with Gasteiger partial charge in [0, 0.05) is 6.07 Å². The monoisotopic (exact) mass is 286 g/mol. The second-order valence-electron chi connectivity index (χ2n) is 4.65. The molecule has 5 nitrogen and oxygen atoms in total. The highest BCUT2D eigenvalue weighted by Crippen LogP contribution is 2.19. The molecule has 0 bridgehead atoms. The molecule has 0 saturated carbocycles. The molecule has 1 atom stereocenters. The molecular formula is C13H16F2N2O3. The van der Waals surface area contributed by atoms with Crippen LogP contribution >= 0.6 is 0 Å². The van der Waals surface area contributed by atoms with E-state index in [1.54, 1.807) is 6.92 Å². The molecule has 0 spiro atoms. The summed E-state index contributed by atoms with van der Waals surface area (Å²) in [5, 5.41) is 13.3. The number of anilines is 1. The predicted octanol–water partition coefficient (Wildman–Crippen LogP) is 2.65. The molecule has 0 saturated heterocycles. The molecule has 2 amide bonds. The van der Waals surface area contributed by atoms with Crippen LogP contribution in [0.2, 0.25) is 0 Å². The molecule has 1 aromatic carbocycles. The van der Waals surface area contributed by atoms with E-state index >= 15 is 0 Å². The van der Waals surface area contributed by atoms with Crippen molar-refractivity contribution in [3.8, 4) is 0 Å². The SMILES string of the molecule is CCC(C)(NC(=O)Nc1cc(F)c(C)cc1F)C(=O)O. The maximum Gasteiger partial charge on any atom is 0.329 e. The number of rotatable bonds is 4. The van der Waals surface area contributed by atoms with E-state index in [0.717, 1.165) is 12.1 Å². The van der Waals surface area contributed by atoms with Crippen LogP contribution in [0.25, 0.3) is 0 Å². The van der Waals surface area contributed by atoms with Crippen LogP contribution in [0.5, 0.6) is 0 Å². The van der Waals surface area contributed by atoms with Crippen molar-refractivity contribution in [3.05, 3.63) is 29.3 Å². The molecule has 110 valence electrons. The second-order valence-corrected chi connectivity index (χ2v) is 4.65. The Morgan fingerprint density at radius 1 is 1.30 bits per heavy atom. The second kappa shape index (κ2) is 5.85. The summed E-state index contributed by atoms with van der Waals surface area (Å²) in [6, 6.07) is 0.869. The first kappa shape index (κ1) is 15.9. The van der Waals surface area contributed by atoms with Crippen LogP contribution in [0.3, 0.4) is 0 Å². The molecule has 0 radical (unpaired) electrons.